The van der Waals surface area contributed by atoms with E-state index in [1.54, 1.807) is 13.2 Å². The van der Waals surface area contributed by atoms with Crippen LogP contribution in [-0.4, -0.2) is 48.3 Å². The van der Waals surface area contributed by atoms with Crippen LogP contribution in [-0.2, 0) is 21.4 Å². The lowest BCUT2D eigenvalue weighted by Gasteiger charge is -2.51. The summed E-state index contributed by atoms with van der Waals surface area (Å²) in [5, 5.41) is 10.9. The van der Waals surface area contributed by atoms with Gasteiger partial charge < -0.3 is 14.7 Å². The van der Waals surface area contributed by atoms with Crippen molar-refractivity contribution in [2.24, 2.45) is 5.92 Å². The minimum absolute atomic E-state index is 0.0840. The number of methoxy groups -OCH3 is 1. The Hall–Kier alpha value is -1.88. The fraction of sp³-hybridized carbons (Fsp3) is 0.579. The number of likely N-dealkylation sites (N-methyl/N-ethyl adjacent to an activating group) is 1. The summed E-state index contributed by atoms with van der Waals surface area (Å²) in [5.74, 6) is 0.152. The van der Waals surface area contributed by atoms with Gasteiger partial charge in [0.1, 0.15) is 0 Å². The van der Waals surface area contributed by atoms with E-state index < -0.39 is 5.41 Å². The van der Waals surface area contributed by atoms with Crippen molar-refractivity contribution < 1.29 is 19.4 Å². The van der Waals surface area contributed by atoms with Crippen molar-refractivity contribution in [2.75, 3.05) is 20.7 Å². The summed E-state index contributed by atoms with van der Waals surface area (Å²) >= 11 is 0. The molecule has 3 atom stereocenters. The molecule has 1 saturated heterocycles. The molecular weight excluding hydrogens is 306 g/mol. The Balaban J connectivity index is 1.97. The Morgan fingerprint density at radius 2 is 2.04 bits per heavy atom. The van der Waals surface area contributed by atoms with Gasteiger partial charge in [0.2, 0.25) is 0 Å². The third kappa shape index (κ3) is 1.97. The highest BCUT2D eigenvalue weighted by Gasteiger charge is 2.56. The van der Waals surface area contributed by atoms with Gasteiger partial charge in [0, 0.05) is 29.9 Å². The normalized spacial score (nSPS) is 32.8. The molecule has 128 valence electrons. The molecule has 3 aliphatic rings. The molecule has 1 aromatic rings. The van der Waals surface area contributed by atoms with E-state index in [0.29, 0.717) is 12.2 Å². The molecule has 2 aliphatic carbocycles. The fourth-order valence-electron chi connectivity index (χ4n) is 5.35. The number of phenols is 1. The van der Waals surface area contributed by atoms with Crippen molar-refractivity contribution in [3.8, 4) is 11.5 Å². The molecular formula is C19H23NO4. The minimum atomic E-state index is -0.438. The fourth-order valence-corrected chi connectivity index (χ4v) is 5.35. The summed E-state index contributed by atoms with van der Waals surface area (Å²) in [4.78, 5) is 26.8. The lowest BCUT2D eigenvalue weighted by atomic mass is 9.53. The molecule has 5 heteroatoms. The first-order valence-electron chi connectivity index (χ1n) is 8.63. The highest BCUT2D eigenvalue weighted by molar-refractivity contribution is 6.38. The minimum Gasteiger partial charge on any atom is -0.504 e. The van der Waals surface area contributed by atoms with Crippen LogP contribution in [0.25, 0.3) is 0 Å². The van der Waals surface area contributed by atoms with Crippen LogP contribution < -0.4 is 4.74 Å². The lowest BCUT2D eigenvalue weighted by molar-refractivity contribution is -0.142. The van der Waals surface area contributed by atoms with E-state index in [2.05, 4.69) is 11.9 Å². The molecule has 0 spiro atoms. The van der Waals surface area contributed by atoms with Crippen LogP contribution in [0.5, 0.6) is 11.5 Å². The second-order valence-corrected chi connectivity index (χ2v) is 7.50. The maximum absolute atomic E-state index is 12.3. The van der Waals surface area contributed by atoms with E-state index in [9.17, 15) is 14.7 Å². The standard InChI is InChI=1S/C19H23NO4/c1-20-7-3-6-19-10-15(22)14(21)9-12(19)13(20)8-11-4-5-16(24-2)18(23)17(11)19/h4-5,12-13,23H,3,6-10H2,1-2H3/t12-,13-,19+/m0/s1. The zero-order valence-electron chi connectivity index (χ0n) is 14.2. The maximum Gasteiger partial charge on any atom is 0.199 e. The topological polar surface area (TPSA) is 66.8 Å². The monoisotopic (exact) mass is 329 g/mol. The van der Waals surface area contributed by atoms with E-state index in [0.717, 1.165) is 36.9 Å². The number of likely N-dealkylation sites (tertiary alicyclic amines) is 1. The summed E-state index contributed by atoms with van der Waals surface area (Å²) in [7, 11) is 3.65. The Kier molecular flexibility index (Phi) is 3.46. The van der Waals surface area contributed by atoms with Crippen LogP contribution in [0, 0.1) is 5.92 Å². The Morgan fingerprint density at radius 1 is 1.25 bits per heavy atom. The van der Waals surface area contributed by atoms with Crippen LogP contribution in [0.2, 0.25) is 0 Å². The first kappa shape index (κ1) is 15.6. The van der Waals surface area contributed by atoms with E-state index in [-0.39, 0.29) is 35.7 Å². The third-order valence-corrected chi connectivity index (χ3v) is 6.44. The van der Waals surface area contributed by atoms with Crippen LogP contribution in [0.1, 0.15) is 36.8 Å². The Morgan fingerprint density at radius 3 is 2.79 bits per heavy atom. The zero-order chi connectivity index (χ0) is 17.1. The predicted octanol–water partition coefficient (Wildman–Crippen LogP) is 1.84. The van der Waals surface area contributed by atoms with Gasteiger partial charge in [0.15, 0.2) is 23.1 Å². The smallest absolute Gasteiger partial charge is 0.199 e. The molecule has 1 saturated carbocycles. The Bertz CT molecular complexity index is 728. The largest absolute Gasteiger partial charge is 0.504 e. The van der Waals surface area contributed by atoms with Crippen molar-refractivity contribution in [2.45, 2.75) is 43.6 Å². The highest BCUT2D eigenvalue weighted by atomic mass is 16.5. The van der Waals surface area contributed by atoms with Crippen LogP contribution in [0.3, 0.4) is 0 Å². The molecule has 1 aromatic carbocycles. The molecule has 24 heavy (non-hydrogen) atoms. The number of phenolic OH excluding ortho intramolecular Hbond substituents is 1. The summed E-state index contributed by atoms with van der Waals surface area (Å²) in [5.41, 5.74) is 1.51. The number of nitrogens with zero attached hydrogens (tertiary/aromatic N) is 1. The molecule has 0 radical (unpaired) electrons. The third-order valence-electron chi connectivity index (χ3n) is 6.44. The zero-order valence-corrected chi connectivity index (χ0v) is 14.2. The average molecular weight is 329 g/mol. The van der Waals surface area contributed by atoms with Crippen molar-refractivity contribution in [1.29, 1.82) is 0 Å². The van der Waals surface area contributed by atoms with Gasteiger partial charge in [-0.1, -0.05) is 6.07 Å². The average Bonchev–Trinajstić information content (AvgIpc) is 2.63. The van der Waals surface area contributed by atoms with E-state index in [1.165, 1.54) is 0 Å². The van der Waals surface area contributed by atoms with Gasteiger partial charge in [0.25, 0.3) is 0 Å². The van der Waals surface area contributed by atoms with Gasteiger partial charge in [-0.15, -0.1) is 0 Å². The van der Waals surface area contributed by atoms with Crippen molar-refractivity contribution >= 4 is 11.6 Å². The Labute approximate surface area is 141 Å². The number of rotatable bonds is 1. The molecule has 0 amide bonds. The van der Waals surface area contributed by atoms with Crippen molar-refractivity contribution in [3.05, 3.63) is 23.3 Å². The van der Waals surface area contributed by atoms with E-state index in [4.69, 9.17) is 4.74 Å². The van der Waals surface area contributed by atoms with Crippen LogP contribution >= 0.6 is 0 Å². The number of fused-ring (bicyclic) bond motifs is 1. The molecule has 1 aliphatic heterocycles. The number of benzene rings is 1. The molecule has 2 bridgehead atoms. The second-order valence-electron chi connectivity index (χ2n) is 7.50. The van der Waals surface area contributed by atoms with Crippen molar-refractivity contribution in [1.82, 2.24) is 4.90 Å². The number of hydrogen-bond donors (Lipinski definition) is 1. The SMILES string of the molecule is COc1ccc2c(c1O)[C@@]13CCCN(C)[C@@H](C2)[C@@H]1CC(=O)C(=O)C3. The molecule has 2 fully saturated rings. The van der Waals surface area contributed by atoms with E-state index >= 15 is 0 Å². The number of carbonyl (C=O) groups is 2. The first-order chi connectivity index (χ1) is 11.5. The van der Waals surface area contributed by atoms with Gasteiger partial charge >= 0.3 is 0 Å². The number of hydrogen-bond acceptors (Lipinski definition) is 5. The summed E-state index contributed by atoms with van der Waals surface area (Å²) in [6, 6.07) is 4.05. The van der Waals surface area contributed by atoms with E-state index in [1.807, 2.05) is 6.07 Å². The first-order valence-corrected chi connectivity index (χ1v) is 8.63. The van der Waals surface area contributed by atoms with Crippen molar-refractivity contribution in [3.63, 3.8) is 0 Å². The summed E-state index contributed by atoms with van der Waals surface area (Å²) in [6.45, 7) is 0.956. The number of carbonyl (C=O) groups excluding carboxylic acids is 2. The molecule has 5 nitrogen and oxygen atoms in total. The lowest BCUT2D eigenvalue weighted by Crippen LogP contribution is -2.55. The molecule has 0 unspecified atom stereocenters. The quantitative estimate of drug-likeness (QED) is 0.796. The van der Waals surface area contributed by atoms with Gasteiger partial charge in [-0.2, -0.15) is 0 Å². The maximum atomic E-state index is 12.3. The van der Waals surface area contributed by atoms with Crippen LogP contribution in [0.4, 0.5) is 0 Å². The number of ether oxygens (including phenoxy) is 1. The second kappa shape index (κ2) is 5.31. The van der Waals surface area contributed by atoms with Gasteiger partial charge in [-0.3, -0.25) is 9.59 Å². The molecule has 1 N–H and O–H groups in total. The summed E-state index contributed by atoms with van der Waals surface area (Å²) in [6.07, 6.45) is 3.10. The van der Waals surface area contributed by atoms with Gasteiger partial charge in [-0.05, 0) is 50.4 Å². The molecule has 1 heterocycles. The summed E-state index contributed by atoms with van der Waals surface area (Å²) < 4.78 is 5.31. The molecule has 0 aromatic heterocycles. The number of Topliss-reactive ketones (excluding diaryl/α,β-unsaturated/α-hetero) is 2. The van der Waals surface area contributed by atoms with Gasteiger partial charge in [0.05, 0.1) is 7.11 Å². The van der Waals surface area contributed by atoms with Gasteiger partial charge in [-0.25, -0.2) is 0 Å². The predicted molar refractivity (Wildman–Crippen MR) is 88.4 cm³/mol. The highest BCUT2D eigenvalue weighted by Crippen LogP contribution is 2.57. The van der Waals surface area contributed by atoms with Crippen LogP contribution in [0.15, 0.2) is 12.1 Å². The number of aromatic hydroxyl groups is 1. The number of ketones is 2. The molecule has 4 rings (SSSR count).